The summed E-state index contributed by atoms with van der Waals surface area (Å²) in [5.74, 6) is 3.03. The second kappa shape index (κ2) is 9.08. The van der Waals surface area contributed by atoms with Crippen LogP contribution in [0.1, 0.15) is 24.0 Å². The van der Waals surface area contributed by atoms with Crippen LogP contribution in [-0.2, 0) is 13.1 Å². The lowest BCUT2D eigenvalue weighted by atomic mass is 10.2. The fourth-order valence-electron chi connectivity index (χ4n) is 2.50. The first kappa shape index (κ1) is 18.0. The van der Waals surface area contributed by atoms with Gasteiger partial charge in [-0.2, -0.15) is 0 Å². The van der Waals surface area contributed by atoms with E-state index in [4.69, 9.17) is 9.47 Å². The van der Waals surface area contributed by atoms with Gasteiger partial charge in [-0.15, -0.1) is 0 Å². The van der Waals surface area contributed by atoms with Crippen LogP contribution in [0.4, 0.5) is 0 Å². The summed E-state index contributed by atoms with van der Waals surface area (Å²) in [6, 6.07) is 12.0. The SMILES string of the molecule is CN=C(NCc1ccc(OC)nc1)NCc1ccccc1OCC1CC1. The molecule has 1 aromatic carbocycles. The zero-order valence-electron chi connectivity index (χ0n) is 15.4. The van der Waals surface area contributed by atoms with Gasteiger partial charge in [-0.25, -0.2) is 4.98 Å². The number of benzene rings is 1. The van der Waals surface area contributed by atoms with Gasteiger partial charge in [0.25, 0.3) is 0 Å². The summed E-state index contributed by atoms with van der Waals surface area (Å²) in [6.07, 6.45) is 4.37. The summed E-state index contributed by atoms with van der Waals surface area (Å²) >= 11 is 0. The number of ether oxygens (including phenoxy) is 2. The van der Waals surface area contributed by atoms with E-state index in [1.165, 1.54) is 12.8 Å². The molecule has 1 aromatic heterocycles. The summed E-state index contributed by atoms with van der Waals surface area (Å²) in [4.78, 5) is 8.48. The summed E-state index contributed by atoms with van der Waals surface area (Å²) in [6.45, 7) is 2.10. The van der Waals surface area contributed by atoms with Gasteiger partial charge in [0.1, 0.15) is 5.75 Å². The summed E-state index contributed by atoms with van der Waals surface area (Å²) in [7, 11) is 3.37. The predicted molar refractivity (Wildman–Crippen MR) is 102 cm³/mol. The lowest BCUT2D eigenvalue weighted by Gasteiger charge is -2.15. The number of nitrogens with zero attached hydrogens (tertiary/aromatic N) is 2. The first-order valence-electron chi connectivity index (χ1n) is 8.92. The number of para-hydroxylation sites is 1. The molecule has 1 fully saturated rings. The maximum atomic E-state index is 5.96. The van der Waals surface area contributed by atoms with Crippen molar-refractivity contribution in [2.75, 3.05) is 20.8 Å². The van der Waals surface area contributed by atoms with Gasteiger partial charge in [-0.3, -0.25) is 4.99 Å². The Hall–Kier alpha value is -2.76. The highest BCUT2D eigenvalue weighted by Gasteiger charge is 2.22. The molecule has 0 radical (unpaired) electrons. The van der Waals surface area contributed by atoms with E-state index >= 15 is 0 Å². The molecule has 0 saturated heterocycles. The molecule has 0 aliphatic heterocycles. The molecule has 0 atom stereocenters. The first-order chi connectivity index (χ1) is 12.8. The largest absolute Gasteiger partial charge is 0.493 e. The third-order valence-corrected chi connectivity index (χ3v) is 4.28. The van der Waals surface area contributed by atoms with E-state index in [2.05, 4.69) is 26.7 Å². The van der Waals surface area contributed by atoms with Crippen molar-refractivity contribution in [3.05, 3.63) is 53.7 Å². The molecule has 26 heavy (non-hydrogen) atoms. The molecular weight excluding hydrogens is 328 g/mol. The Bertz CT molecular complexity index is 727. The highest BCUT2D eigenvalue weighted by molar-refractivity contribution is 5.79. The maximum absolute atomic E-state index is 5.96. The van der Waals surface area contributed by atoms with Gasteiger partial charge in [0.05, 0.1) is 13.7 Å². The van der Waals surface area contributed by atoms with Gasteiger partial charge in [0.15, 0.2) is 5.96 Å². The summed E-state index contributed by atoms with van der Waals surface area (Å²) in [5.41, 5.74) is 2.18. The van der Waals surface area contributed by atoms with Crippen LogP contribution in [0.15, 0.2) is 47.6 Å². The Morgan fingerprint density at radius 2 is 1.96 bits per heavy atom. The number of hydrogen-bond donors (Lipinski definition) is 2. The average molecular weight is 354 g/mol. The highest BCUT2D eigenvalue weighted by Crippen LogP contribution is 2.30. The number of aliphatic imine (C=N–C) groups is 1. The topological polar surface area (TPSA) is 67.8 Å². The fourth-order valence-corrected chi connectivity index (χ4v) is 2.50. The Balaban J connectivity index is 1.50. The van der Waals surface area contributed by atoms with Crippen molar-refractivity contribution < 1.29 is 9.47 Å². The standard InChI is InChI=1S/C20H26N4O2/c1-21-20(23-12-16-9-10-19(25-2)22-11-16)24-13-17-5-3-4-6-18(17)26-14-15-7-8-15/h3-6,9-11,15H,7-8,12-14H2,1-2H3,(H2,21,23,24). The van der Waals surface area contributed by atoms with E-state index in [0.717, 1.165) is 35.4 Å². The molecule has 6 nitrogen and oxygen atoms in total. The number of aromatic nitrogens is 1. The average Bonchev–Trinajstić information content (AvgIpc) is 3.52. The second-order valence-corrected chi connectivity index (χ2v) is 6.35. The third kappa shape index (κ3) is 5.37. The van der Waals surface area contributed by atoms with E-state index in [-0.39, 0.29) is 0 Å². The zero-order valence-corrected chi connectivity index (χ0v) is 15.4. The molecule has 0 bridgehead atoms. The van der Waals surface area contributed by atoms with Crippen LogP contribution in [0.25, 0.3) is 0 Å². The number of guanidine groups is 1. The van der Waals surface area contributed by atoms with Crippen molar-refractivity contribution in [2.45, 2.75) is 25.9 Å². The van der Waals surface area contributed by atoms with Crippen LogP contribution in [0.5, 0.6) is 11.6 Å². The smallest absolute Gasteiger partial charge is 0.212 e. The monoisotopic (exact) mass is 354 g/mol. The summed E-state index contributed by atoms with van der Waals surface area (Å²) in [5, 5.41) is 6.63. The zero-order chi connectivity index (χ0) is 18.2. The quantitative estimate of drug-likeness (QED) is 0.564. The van der Waals surface area contributed by atoms with Gasteiger partial charge in [0, 0.05) is 38.0 Å². The molecule has 0 spiro atoms. The molecule has 2 aromatic rings. The van der Waals surface area contributed by atoms with Crippen molar-refractivity contribution in [3.63, 3.8) is 0 Å². The molecule has 1 aliphatic carbocycles. The Morgan fingerprint density at radius 3 is 2.65 bits per heavy atom. The molecule has 1 saturated carbocycles. The number of methoxy groups -OCH3 is 1. The van der Waals surface area contributed by atoms with Gasteiger partial charge in [0.2, 0.25) is 5.88 Å². The Kier molecular flexibility index (Phi) is 6.30. The first-order valence-corrected chi connectivity index (χ1v) is 8.92. The van der Waals surface area contributed by atoms with Crippen molar-refractivity contribution in [1.29, 1.82) is 0 Å². The van der Waals surface area contributed by atoms with Crippen molar-refractivity contribution in [1.82, 2.24) is 15.6 Å². The lowest BCUT2D eigenvalue weighted by Crippen LogP contribution is -2.36. The van der Waals surface area contributed by atoms with Crippen molar-refractivity contribution >= 4 is 5.96 Å². The molecule has 1 heterocycles. The van der Waals surface area contributed by atoms with Crippen LogP contribution in [-0.4, -0.2) is 31.7 Å². The third-order valence-electron chi connectivity index (χ3n) is 4.28. The number of rotatable bonds is 8. The number of nitrogens with one attached hydrogen (secondary N) is 2. The normalized spacial score (nSPS) is 14.0. The lowest BCUT2D eigenvalue weighted by molar-refractivity contribution is 0.296. The second-order valence-electron chi connectivity index (χ2n) is 6.35. The molecule has 0 amide bonds. The minimum Gasteiger partial charge on any atom is -0.493 e. The highest BCUT2D eigenvalue weighted by atomic mass is 16.5. The van der Waals surface area contributed by atoms with E-state index < -0.39 is 0 Å². The van der Waals surface area contributed by atoms with Crippen LogP contribution in [0.2, 0.25) is 0 Å². The minimum atomic E-state index is 0.610. The van der Waals surface area contributed by atoms with Crippen molar-refractivity contribution in [3.8, 4) is 11.6 Å². The van der Waals surface area contributed by atoms with E-state index in [1.54, 1.807) is 20.4 Å². The molecular formula is C20H26N4O2. The van der Waals surface area contributed by atoms with Crippen LogP contribution < -0.4 is 20.1 Å². The van der Waals surface area contributed by atoms with Gasteiger partial charge in [-0.05, 0) is 30.4 Å². The van der Waals surface area contributed by atoms with Gasteiger partial charge >= 0.3 is 0 Å². The Morgan fingerprint density at radius 1 is 1.15 bits per heavy atom. The fraction of sp³-hybridized carbons (Fsp3) is 0.400. The van der Waals surface area contributed by atoms with Crippen molar-refractivity contribution in [2.24, 2.45) is 10.9 Å². The predicted octanol–water partition coefficient (Wildman–Crippen LogP) is 2.74. The van der Waals surface area contributed by atoms with E-state index in [0.29, 0.717) is 19.0 Å². The molecule has 6 heteroatoms. The van der Waals surface area contributed by atoms with E-state index in [1.807, 2.05) is 30.3 Å². The van der Waals surface area contributed by atoms with Crippen LogP contribution in [0.3, 0.4) is 0 Å². The van der Waals surface area contributed by atoms with Gasteiger partial charge < -0.3 is 20.1 Å². The molecule has 138 valence electrons. The number of pyridine rings is 1. The molecule has 1 aliphatic rings. The maximum Gasteiger partial charge on any atom is 0.212 e. The summed E-state index contributed by atoms with van der Waals surface area (Å²) < 4.78 is 11.0. The van der Waals surface area contributed by atoms with Crippen LogP contribution in [0, 0.1) is 5.92 Å². The molecule has 2 N–H and O–H groups in total. The van der Waals surface area contributed by atoms with Crippen LogP contribution >= 0.6 is 0 Å². The minimum absolute atomic E-state index is 0.610. The van der Waals surface area contributed by atoms with Gasteiger partial charge in [-0.1, -0.05) is 24.3 Å². The molecule has 0 unspecified atom stereocenters. The molecule has 3 rings (SSSR count). The van der Waals surface area contributed by atoms with E-state index in [9.17, 15) is 0 Å². The number of hydrogen-bond acceptors (Lipinski definition) is 4. The Labute approximate surface area is 154 Å².